The molecule has 0 unspecified atom stereocenters. The van der Waals surface area contributed by atoms with Crippen LogP contribution in [0.1, 0.15) is 15.9 Å². The van der Waals surface area contributed by atoms with Gasteiger partial charge in [0.05, 0.1) is 5.97 Å². The van der Waals surface area contributed by atoms with Crippen LogP contribution >= 0.6 is 0 Å². The number of carboxylic acids is 2. The van der Waals surface area contributed by atoms with Crippen LogP contribution in [0.25, 0.3) is 6.08 Å². The molecule has 108 valence electrons. The van der Waals surface area contributed by atoms with E-state index in [1.165, 1.54) is 30.3 Å². The van der Waals surface area contributed by atoms with Gasteiger partial charge in [-0.2, -0.15) is 0 Å². The molecule has 0 heterocycles. The fourth-order valence-corrected chi connectivity index (χ4v) is 1.36. The van der Waals surface area contributed by atoms with E-state index < -0.39 is 11.9 Å². The zero-order valence-electron chi connectivity index (χ0n) is 11.6. The standard InChI is InChI=1S/C9H8O3.C7H6O2.Ca/c10-8-3-1-2-7(6-8)4-5-9(11)12;8-7(9)6-4-2-1-3-5-6;/h1-6,10H,(H,11,12);1-5H,(H,8,9);/q;;+2/p-2. The van der Waals surface area contributed by atoms with E-state index in [1.54, 1.807) is 30.3 Å². The molecule has 0 saturated carbocycles. The van der Waals surface area contributed by atoms with Crippen molar-refractivity contribution >= 4 is 55.8 Å². The summed E-state index contributed by atoms with van der Waals surface area (Å²) in [5.74, 6) is -2.27. The molecule has 0 fully saturated rings. The Morgan fingerprint density at radius 2 is 1.64 bits per heavy atom. The Bertz CT molecular complexity index is 638. The Hall–Kier alpha value is -1.82. The number of aliphatic carboxylic acids is 1. The Balaban J connectivity index is 0.000000397. The fraction of sp³-hybridized carbons (Fsp3) is 0. The maximum Gasteiger partial charge on any atom is 2.00 e. The molecular formula is C16H12CaO5. The smallest absolute Gasteiger partial charge is 0.872 e. The van der Waals surface area contributed by atoms with Gasteiger partial charge in [-0.15, -0.1) is 5.75 Å². The van der Waals surface area contributed by atoms with Crippen molar-refractivity contribution in [2.45, 2.75) is 0 Å². The van der Waals surface area contributed by atoms with Crippen molar-refractivity contribution in [2.75, 3.05) is 0 Å². The van der Waals surface area contributed by atoms with E-state index in [0.29, 0.717) is 5.56 Å². The van der Waals surface area contributed by atoms with Crippen LogP contribution in [0.5, 0.6) is 5.75 Å². The molecule has 0 aliphatic carbocycles. The molecule has 5 nitrogen and oxygen atoms in total. The van der Waals surface area contributed by atoms with Crippen molar-refractivity contribution < 1.29 is 24.9 Å². The van der Waals surface area contributed by atoms with Gasteiger partial charge >= 0.3 is 43.7 Å². The molecule has 0 radical (unpaired) electrons. The first-order chi connectivity index (χ1) is 9.99. The number of benzene rings is 2. The van der Waals surface area contributed by atoms with E-state index in [9.17, 15) is 19.8 Å². The van der Waals surface area contributed by atoms with Gasteiger partial charge in [-0.3, -0.25) is 0 Å². The molecule has 0 atom stereocenters. The number of aromatic carboxylic acids is 1. The number of carboxylic acid groups (broad SMARTS) is 2. The van der Waals surface area contributed by atoms with Gasteiger partial charge in [-0.1, -0.05) is 54.6 Å². The SMILES string of the molecule is O=C(O)C=Cc1cccc([O-])c1.O=C([O-])c1ccccc1.[Ca+2]. The summed E-state index contributed by atoms with van der Waals surface area (Å²) in [7, 11) is 0. The number of rotatable bonds is 3. The Morgan fingerprint density at radius 3 is 2.09 bits per heavy atom. The zero-order chi connectivity index (χ0) is 15.7. The van der Waals surface area contributed by atoms with Crippen LogP contribution in [-0.2, 0) is 4.79 Å². The summed E-state index contributed by atoms with van der Waals surface area (Å²) in [6, 6.07) is 14.1. The van der Waals surface area contributed by atoms with Crippen LogP contribution < -0.4 is 10.2 Å². The molecule has 0 saturated heterocycles. The minimum atomic E-state index is -1.13. The topological polar surface area (TPSA) is 100 Å². The van der Waals surface area contributed by atoms with E-state index in [0.717, 1.165) is 6.08 Å². The Kier molecular flexibility index (Phi) is 9.95. The second-order valence-electron chi connectivity index (χ2n) is 3.90. The van der Waals surface area contributed by atoms with E-state index >= 15 is 0 Å². The molecule has 0 spiro atoms. The van der Waals surface area contributed by atoms with Crippen molar-refractivity contribution in [2.24, 2.45) is 0 Å². The first-order valence-electron chi connectivity index (χ1n) is 5.93. The molecule has 0 aliphatic rings. The van der Waals surface area contributed by atoms with E-state index in [4.69, 9.17) is 5.11 Å². The van der Waals surface area contributed by atoms with Crippen LogP contribution in [0.3, 0.4) is 0 Å². The monoisotopic (exact) mass is 324 g/mol. The zero-order valence-corrected chi connectivity index (χ0v) is 13.8. The van der Waals surface area contributed by atoms with Gasteiger partial charge in [-0.25, -0.2) is 4.79 Å². The minimum Gasteiger partial charge on any atom is -0.872 e. The average Bonchev–Trinajstić information content (AvgIpc) is 2.47. The van der Waals surface area contributed by atoms with E-state index in [1.807, 2.05) is 0 Å². The normalized spacial score (nSPS) is 9.27. The van der Waals surface area contributed by atoms with Gasteiger partial charge in [0.1, 0.15) is 0 Å². The van der Waals surface area contributed by atoms with Crippen LogP contribution in [-0.4, -0.2) is 54.8 Å². The first kappa shape index (κ1) is 20.2. The van der Waals surface area contributed by atoms with Gasteiger partial charge in [-0.05, 0) is 17.2 Å². The van der Waals surface area contributed by atoms with Gasteiger partial charge in [0.15, 0.2) is 0 Å². The summed E-state index contributed by atoms with van der Waals surface area (Å²) in [6.45, 7) is 0. The van der Waals surface area contributed by atoms with Crippen molar-refractivity contribution in [1.82, 2.24) is 0 Å². The van der Waals surface area contributed by atoms with E-state index in [-0.39, 0.29) is 49.1 Å². The predicted molar refractivity (Wildman–Crippen MR) is 79.1 cm³/mol. The van der Waals surface area contributed by atoms with Crippen LogP contribution in [0.15, 0.2) is 60.7 Å². The maximum absolute atomic E-state index is 10.8. The number of carbonyl (C=O) groups excluding carboxylic acids is 1. The number of carbonyl (C=O) groups is 2. The fourth-order valence-electron chi connectivity index (χ4n) is 1.36. The summed E-state index contributed by atoms with van der Waals surface area (Å²) < 4.78 is 0. The second-order valence-corrected chi connectivity index (χ2v) is 3.90. The molecular weight excluding hydrogens is 312 g/mol. The third-order valence-corrected chi connectivity index (χ3v) is 2.29. The van der Waals surface area contributed by atoms with Crippen molar-refractivity contribution in [1.29, 1.82) is 0 Å². The summed E-state index contributed by atoms with van der Waals surface area (Å²) in [5.41, 5.74) is 0.822. The third kappa shape index (κ3) is 8.46. The van der Waals surface area contributed by atoms with Crippen LogP contribution in [0.2, 0.25) is 0 Å². The third-order valence-electron chi connectivity index (χ3n) is 2.29. The van der Waals surface area contributed by atoms with Gasteiger partial charge in [0.25, 0.3) is 0 Å². The summed E-state index contributed by atoms with van der Waals surface area (Å²) in [6.07, 6.45) is 2.37. The molecule has 0 aromatic heterocycles. The molecule has 0 bridgehead atoms. The van der Waals surface area contributed by atoms with Crippen LogP contribution in [0, 0.1) is 0 Å². The Morgan fingerprint density at radius 1 is 1.00 bits per heavy atom. The molecule has 0 amide bonds. The summed E-state index contributed by atoms with van der Waals surface area (Å²) in [4.78, 5) is 20.2. The molecule has 2 aromatic rings. The number of hydrogen-bond acceptors (Lipinski definition) is 4. The Labute approximate surface area is 157 Å². The second kappa shape index (κ2) is 10.8. The minimum absolute atomic E-state index is 0. The van der Waals surface area contributed by atoms with E-state index in [2.05, 4.69) is 0 Å². The largest absolute Gasteiger partial charge is 2.00 e. The molecule has 2 aromatic carbocycles. The molecule has 2 rings (SSSR count). The summed E-state index contributed by atoms with van der Waals surface area (Å²) in [5, 5.41) is 29.1. The molecule has 6 heteroatoms. The summed E-state index contributed by atoms with van der Waals surface area (Å²) >= 11 is 0. The van der Waals surface area contributed by atoms with Crippen molar-refractivity contribution in [3.8, 4) is 5.75 Å². The molecule has 1 N–H and O–H groups in total. The van der Waals surface area contributed by atoms with Crippen molar-refractivity contribution in [3.05, 3.63) is 71.8 Å². The first-order valence-corrected chi connectivity index (χ1v) is 5.93. The van der Waals surface area contributed by atoms with Gasteiger partial charge in [0, 0.05) is 6.08 Å². The van der Waals surface area contributed by atoms with Gasteiger partial charge in [0.2, 0.25) is 0 Å². The van der Waals surface area contributed by atoms with Crippen LogP contribution in [0.4, 0.5) is 0 Å². The maximum atomic E-state index is 10.8. The molecule has 22 heavy (non-hydrogen) atoms. The van der Waals surface area contributed by atoms with Gasteiger partial charge < -0.3 is 20.1 Å². The van der Waals surface area contributed by atoms with Crippen molar-refractivity contribution in [3.63, 3.8) is 0 Å². The number of hydrogen-bond donors (Lipinski definition) is 1. The molecule has 0 aliphatic heterocycles. The predicted octanol–water partition coefficient (Wildman–Crippen LogP) is 0.527. The quantitative estimate of drug-likeness (QED) is 0.655. The average molecular weight is 324 g/mol.